The molecule has 0 bridgehead atoms. The van der Waals surface area contributed by atoms with Gasteiger partial charge in [-0.05, 0) is 67.9 Å². The Kier molecular flexibility index (Phi) is 4.59. The van der Waals surface area contributed by atoms with Crippen LogP contribution in [0, 0.1) is 0 Å². The van der Waals surface area contributed by atoms with Gasteiger partial charge in [0.2, 0.25) is 0 Å². The maximum Gasteiger partial charge on any atom is 0.0745 e. The van der Waals surface area contributed by atoms with E-state index in [1.165, 1.54) is 75.5 Å². The SMILES string of the molecule is c1ccc2c(c1)-c1ccccc1C21c2ccccc2-c2cccc(Nc3cc4ccccc4c4c3sc3ccccc34)c21. The van der Waals surface area contributed by atoms with E-state index in [9.17, 15) is 0 Å². The van der Waals surface area contributed by atoms with Crippen LogP contribution in [-0.2, 0) is 5.41 Å². The summed E-state index contributed by atoms with van der Waals surface area (Å²) in [6, 6.07) is 53.8. The smallest absolute Gasteiger partial charge is 0.0745 e. The van der Waals surface area contributed by atoms with E-state index in [2.05, 4.69) is 151 Å². The Morgan fingerprint density at radius 2 is 1.02 bits per heavy atom. The minimum atomic E-state index is -0.390. The van der Waals surface area contributed by atoms with Crippen LogP contribution in [0.3, 0.4) is 0 Å². The third kappa shape index (κ3) is 2.91. The molecule has 0 saturated carbocycles. The molecule has 200 valence electrons. The van der Waals surface area contributed by atoms with Crippen LogP contribution >= 0.6 is 11.3 Å². The van der Waals surface area contributed by atoms with Crippen LogP contribution in [0.25, 0.3) is 53.2 Å². The molecule has 1 nitrogen and oxygen atoms in total. The van der Waals surface area contributed by atoms with Crippen molar-refractivity contribution < 1.29 is 0 Å². The van der Waals surface area contributed by atoms with Crippen molar-refractivity contribution in [2.75, 3.05) is 5.32 Å². The van der Waals surface area contributed by atoms with Crippen molar-refractivity contribution in [1.82, 2.24) is 0 Å². The van der Waals surface area contributed by atoms with Crippen LogP contribution < -0.4 is 5.32 Å². The summed E-state index contributed by atoms with van der Waals surface area (Å²) in [4.78, 5) is 0. The highest BCUT2D eigenvalue weighted by Gasteiger charge is 2.52. The number of hydrogen-bond acceptors (Lipinski definition) is 2. The van der Waals surface area contributed by atoms with Crippen molar-refractivity contribution >= 4 is 53.7 Å². The average molecular weight is 564 g/mol. The second-order valence-electron chi connectivity index (χ2n) is 11.7. The number of nitrogens with one attached hydrogen (secondary N) is 1. The molecule has 2 aliphatic carbocycles. The Morgan fingerprint density at radius 3 is 1.74 bits per heavy atom. The van der Waals surface area contributed by atoms with Crippen molar-refractivity contribution in [2.45, 2.75) is 5.41 Å². The number of fused-ring (bicyclic) bond motifs is 15. The van der Waals surface area contributed by atoms with Gasteiger partial charge in [-0.2, -0.15) is 0 Å². The largest absolute Gasteiger partial charge is 0.354 e. The molecule has 1 N–H and O–H groups in total. The molecular weight excluding hydrogens is 539 g/mol. The second kappa shape index (κ2) is 8.44. The Morgan fingerprint density at radius 1 is 0.465 bits per heavy atom. The van der Waals surface area contributed by atoms with Crippen LogP contribution in [0.5, 0.6) is 0 Å². The maximum atomic E-state index is 4.06. The van der Waals surface area contributed by atoms with Gasteiger partial charge in [-0.1, -0.05) is 127 Å². The number of thiophene rings is 1. The first-order valence-electron chi connectivity index (χ1n) is 14.9. The van der Waals surface area contributed by atoms with Gasteiger partial charge in [0.1, 0.15) is 0 Å². The molecule has 0 atom stereocenters. The summed E-state index contributed by atoms with van der Waals surface area (Å²) >= 11 is 1.88. The predicted molar refractivity (Wildman–Crippen MR) is 183 cm³/mol. The highest BCUT2D eigenvalue weighted by Crippen LogP contribution is 2.64. The van der Waals surface area contributed by atoms with E-state index in [1.807, 2.05) is 11.3 Å². The van der Waals surface area contributed by atoms with Crippen LogP contribution in [0.2, 0.25) is 0 Å². The van der Waals surface area contributed by atoms with Crippen molar-refractivity contribution in [3.63, 3.8) is 0 Å². The monoisotopic (exact) mass is 563 g/mol. The Balaban J connectivity index is 1.30. The lowest BCUT2D eigenvalue weighted by Crippen LogP contribution is -2.26. The molecule has 0 aliphatic heterocycles. The maximum absolute atomic E-state index is 4.06. The summed E-state index contributed by atoms with van der Waals surface area (Å²) in [7, 11) is 0. The highest BCUT2D eigenvalue weighted by atomic mass is 32.1. The number of hydrogen-bond donors (Lipinski definition) is 1. The molecular formula is C41H25NS. The van der Waals surface area contributed by atoms with Gasteiger partial charge in [0.25, 0.3) is 0 Å². The van der Waals surface area contributed by atoms with E-state index in [4.69, 9.17) is 0 Å². The first kappa shape index (κ1) is 23.4. The fraction of sp³-hybridized carbons (Fsp3) is 0.0244. The van der Waals surface area contributed by atoms with Crippen molar-refractivity contribution in [2.24, 2.45) is 0 Å². The first-order chi connectivity index (χ1) is 21.3. The minimum absolute atomic E-state index is 0.390. The first-order valence-corrected chi connectivity index (χ1v) is 15.7. The molecule has 0 fully saturated rings. The Labute approximate surface area is 253 Å². The highest BCUT2D eigenvalue weighted by molar-refractivity contribution is 7.26. The molecule has 1 aromatic heterocycles. The summed E-state index contributed by atoms with van der Waals surface area (Å²) in [5.74, 6) is 0. The molecule has 2 aliphatic rings. The minimum Gasteiger partial charge on any atom is -0.354 e. The average Bonchev–Trinajstić information content (AvgIpc) is 3.70. The van der Waals surface area contributed by atoms with Crippen LogP contribution in [-0.4, -0.2) is 0 Å². The van der Waals surface area contributed by atoms with Crippen LogP contribution in [0.4, 0.5) is 11.4 Å². The van der Waals surface area contributed by atoms with Gasteiger partial charge in [-0.15, -0.1) is 11.3 Å². The van der Waals surface area contributed by atoms with Gasteiger partial charge in [-0.25, -0.2) is 0 Å². The van der Waals surface area contributed by atoms with Gasteiger partial charge < -0.3 is 5.32 Å². The van der Waals surface area contributed by atoms with Crippen LogP contribution in [0.15, 0.2) is 146 Å². The standard InChI is InChI=1S/C41H25NS/c1-2-13-26-25(12-1)24-36(40-38(26)31-17-6-10-23-37(31)43-40)42-35-22-11-18-30-29-16-5-9-21-34(29)41(39(30)35)32-19-7-3-14-27(32)28-15-4-8-20-33(28)41/h1-24,42H. The van der Waals surface area contributed by atoms with Gasteiger partial charge in [-0.3, -0.25) is 0 Å². The third-order valence-electron chi connectivity index (χ3n) is 9.65. The molecule has 0 radical (unpaired) electrons. The van der Waals surface area contributed by atoms with E-state index < -0.39 is 5.41 Å². The van der Waals surface area contributed by atoms with Crippen LogP contribution in [0.1, 0.15) is 22.3 Å². The topological polar surface area (TPSA) is 12.0 Å². The molecule has 0 saturated heterocycles. The molecule has 0 amide bonds. The zero-order valence-electron chi connectivity index (χ0n) is 23.3. The fourth-order valence-electron chi connectivity index (χ4n) is 8.07. The van der Waals surface area contributed by atoms with E-state index in [1.54, 1.807) is 0 Å². The predicted octanol–water partition coefficient (Wildman–Crippen LogP) is 11.3. The summed E-state index contributed by atoms with van der Waals surface area (Å²) in [6.45, 7) is 0. The Hall–Kier alpha value is -5.18. The van der Waals surface area contributed by atoms with Gasteiger partial charge >= 0.3 is 0 Å². The summed E-state index contributed by atoms with van der Waals surface area (Å²) < 4.78 is 2.62. The van der Waals surface area contributed by atoms with Gasteiger partial charge in [0.15, 0.2) is 0 Å². The molecule has 10 rings (SSSR count). The lowest BCUT2D eigenvalue weighted by atomic mass is 9.70. The van der Waals surface area contributed by atoms with E-state index >= 15 is 0 Å². The van der Waals surface area contributed by atoms with Gasteiger partial charge in [0, 0.05) is 26.7 Å². The summed E-state index contributed by atoms with van der Waals surface area (Å²) in [6.07, 6.45) is 0. The number of anilines is 2. The molecule has 7 aromatic carbocycles. The van der Waals surface area contributed by atoms with E-state index in [0.29, 0.717) is 0 Å². The quantitative estimate of drug-likeness (QED) is 0.221. The molecule has 1 heterocycles. The van der Waals surface area contributed by atoms with E-state index in [0.717, 1.165) is 11.4 Å². The third-order valence-corrected chi connectivity index (χ3v) is 10.9. The lowest BCUT2D eigenvalue weighted by Gasteiger charge is -2.32. The zero-order valence-corrected chi connectivity index (χ0v) is 24.1. The second-order valence-corrected chi connectivity index (χ2v) is 12.7. The molecule has 1 spiro atoms. The molecule has 8 aromatic rings. The normalized spacial score (nSPS) is 13.8. The summed E-state index contributed by atoms with van der Waals surface area (Å²) in [5, 5.41) is 9.28. The molecule has 43 heavy (non-hydrogen) atoms. The number of benzene rings is 7. The van der Waals surface area contributed by atoms with Gasteiger partial charge in [0.05, 0.1) is 15.8 Å². The molecule has 2 heteroatoms. The van der Waals surface area contributed by atoms with Crippen molar-refractivity contribution in [3.05, 3.63) is 168 Å². The van der Waals surface area contributed by atoms with Crippen molar-refractivity contribution in [1.29, 1.82) is 0 Å². The zero-order chi connectivity index (χ0) is 28.1. The fourth-order valence-corrected chi connectivity index (χ4v) is 9.26. The molecule has 0 unspecified atom stereocenters. The van der Waals surface area contributed by atoms with E-state index in [-0.39, 0.29) is 0 Å². The summed E-state index contributed by atoms with van der Waals surface area (Å²) in [5.41, 5.74) is 12.6. The Bertz CT molecular complexity index is 2380. The van der Waals surface area contributed by atoms with Crippen molar-refractivity contribution in [3.8, 4) is 22.3 Å². The number of rotatable bonds is 2. The lowest BCUT2D eigenvalue weighted by molar-refractivity contribution is 0.796.